The van der Waals surface area contributed by atoms with Crippen LogP contribution in [0.3, 0.4) is 0 Å². The number of aromatic amines is 1. The lowest BCUT2D eigenvalue weighted by molar-refractivity contribution is -0.114. The Hall–Kier alpha value is -4.53. The van der Waals surface area contributed by atoms with Gasteiger partial charge in [-0.15, -0.1) is 0 Å². The predicted molar refractivity (Wildman–Crippen MR) is 118 cm³/mol. The molecule has 3 amide bonds. The molecule has 0 atom stereocenters. The average molecular weight is 427 g/mol. The van der Waals surface area contributed by atoms with Gasteiger partial charge in [0.25, 0.3) is 11.8 Å². The van der Waals surface area contributed by atoms with Crippen molar-refractivity contribution in [2.75, 3.05) is 17.3 Å². The molecule has 0 unspecified atom stereocenters. The van der Waals surface area contributed by atoms with Crippen molar-refractivity contribution in [2.24, 2.45) is 0 Å². The highest BCUT2D eigenvalue weighted by atomic mass is 16.5. The molecule has 0 radical (unpaired) electrons. The molecule has 0 spiro atoms. The number of carbonyl (C=O) groups excluding carboxylic acids is 3. The van der Waals surface area contributed by atoms with Crippen molar-refractivity contribution in [1.29, 1.82) is 0 Å². The van der Waals surface area contributed by atoms with Crippen LogP contribution in [0.1, 0.15) is 27.6 Å². The van der Waals surface area contributed by atoms with E-state index in [1.54, 1.807) is 43.5 Å². The molecule has 9 nitrogen and oxygen atoms in total. The molecular weight excluding hydrogens is 410 g/mol. The van der Waals surface area contributed by atoms with Gasteiger partial charge in [-0.25, -0.2) is 9.88 Å². The quantitative estimate of drug-likeness (QED) is 0.482. The monoisotopic (exact) mass is 427 g/mol. The van der Waals surface area contributed by atoms with Crippen LogP contribution in [-0.2, 0) is 4.79 Å². The molecule has 4 aromatic rings. The molecule has 2 aromatic carbocycles. The largest absolute Gasteiger partial charge is 0.497 e. The van der Waals surface area contributed by atoms with Crippen molar-refractivity contribution in [3.8, 4) is 17.0 Å². The normalized spacial score (nSPS) is 12.9. The summed E-state index contributed by atoms with van der Waals surface area (Å²) in [4.78, 5) is 43.1. The number of pyridine rings is 1. The van der Waals surface area contributed by atoms with Gasteiger partial charge in [0.05, 0.1) is 35.0 Å². The number of fused-ring (bicyclic) bond motifs is 3. The van der Waals surface area contributed by atoms with Gasteiger partial charge < -0.3 is 10.1 Å². The summed E-state index contributed by atoms with van der Waals surface area (Å²) < 4.78 is 5.20. The van der Waals surface area contributed by atoms with Gasteiger partial charge in [0.15, 0.2) is 5.65 Å². The van der Waals surface area contributed by atoms with Gasteiger partial charge >= 0.3 is 0 Å². The maximum absolute atomic E-state index is 13.4. The van der Waals surface area contributed by atoms with Gasteiger partial charge in [0.1, 0.15) is 5.75 Å². The molecular formula is C23H17N5O4. The summed E-state index contributed by atoms with van der Waals surface area (Å²) in [5, 5.41) is 10.3. The Labute approximate surface area is 182 Å². The number of ether oxygens (including phenoxy) is 1. The van der Waals surface area contributed by atoms with E-state index in [1.165, 1.54) is 13.1 Å². The first-order valence-electron chi connectivity index (χ1n) is 9.76. The lowest BCUT2D eigenvalue weighted by atomic mass is 10.0. The van der Waals surface area contributed by atoms with Gasteiger partial charge in [0, 0.05) is 24.4 Å². The minimum absolute atomic E-state index is 0.210. The molecule has 5 rings (SSSR count). The molecule has 3 heterocycles. The number of rotatable bonds is 4. The summed E-state index contributed by atoms with van der Waals surface area (Å²) in [5.74, 6) is -0.437. The van der Waals surface area contributed by atoms with Crippen molar-refractivity contribution < 1.29 is 19.1 Å². The second-order valence-corrected chi connectivity index (χ2v) is 7.25. The fourth-order valence-electron chi connectivity index (χ4n) is 3.79. The molecule has 0 aliphatic carbocycles. The number of imide groups is 1. The van der Waals surface area contributed by atoms with Gasteiger partial charge in [-0.2, -0.15) is 5.10 Å². The molecule has 0 fully saturated rings. The highest BCUT2D eigenvalue weighted by Crippen LogP contribution is 2.36. The number of hydrogen-bond acceptors (Lipinski definition) is 6. The van der Waals surface area contributed by atoms with Crippen LogP contribution in [-0.4, -0.2) is 40.0 Å². The molecule has 1 aliphatic heterocycles. The van der Waals surface area contributed by atoms with E-state index in [4.69, 9.17) is 4.74 Å². The molecule has 1 aliphatic rings. The van der Waals surface area contributed by atoms with Crippen molar-refractivity contribution >= 4 is 40.1 Å². The van der Waals surface area contributed by atoms with Crippen molar-refractivity contribution in [3.05, 3.63) is 65.9 Å². The van der Waals surface area contributed by atoms with Crippen molar-refractivity contribution in [1.82, 2.24) is 15.2 Å². The number of anilines is 2. The van der Waals surface area contributed by atoms with Crippen molar-refractivity contribution in [2.45, 2.75) is 6.92 Å². The lowest BCUT2D eigenvalue weighted by Gasteiger charge is -2.14. The number of carbonyl (C=O) groups is 3. The third-order valence-electron chi connectivity index (χ3n) is 5.26. The number of amides is 3. The van der Waals surface area contributed by atoms with Crippen molar-refractivity contribution in [3.63, 3.8) is 0 Å². The van der Waals surface area contributed by atoms with Crippen LogP contribution in [0.2, 0.25) is 0 Å². The minimum Gasteiger partial charge on any atom is -0.497 e. The highest BCUT2D eigenvalue weighted by molar-refractivity contribution is 6.38. The Morgan fingerprint density at radius 3 is 2.41 bits per heavy atom. The first kappa shape index (κ1) is 19.4. The fraction of sp³-hybridized carbons (Fsp3) is 0.0870. The molecule has 32 heavy (non-hydrogen) atoms. The Morgan fingerprint density at radius 1 is 1.03 bits per heavy atom. The number of nitrogens with zero attached hydrogens (tertiary/aromatic N) is 3. The third kappa shape index (κ3) is 2.99. The van der Waals surface area contributed by atoms with E-state index in [2.05, 4.69) is 20.5 Å². The smallest absolute Gasteiger partial charge is 0.267 e. The summed E-state index contributed by atoms with van der Waals surface area (Å²) in [6.45, 7) is 1.40. The van der Waals surface area contributed by atoms with Gasteiger partial charge in [0.2, 0.25) is 5.91 Å². The van der Waals surface area contributed by atoms with Gasteiger partial charge in [-0.1, -0.05) is 0 Å². The molecule has 0 saturated carbocycles. The molecule has 2 N–H and O–H groups in total. The minimum atomic E-state index is -0.464. The molecule has 0 saturated heterocycles. The second kappa shape index (κ2) is 7.31. The van der Waals surface area contributed by atoms with Crippen LogP contribution in [0.4, 0.5) is 11.4 Å². The number of methoxy groups -OCH3 is 1. The summed E-state index contributed by atoms with van der Waals surface area (Å²) in [5.41, 5.74) is 3.15. The Bertz CT molecular complexity index is 1390. The van der Waals surface area contributed by atoms with Crippen LogP contribution in [0.25, 0.3) is 22.3 Å². The first-order valence-corrected chi connectivity index (χ1v) is 9.76. The maximum Gasteiger partial charge on any atom is 0.267 e. The van der Waals surface area contributed by atoms with Gasteiger partial charge in [-0.3, -0.25) is 19.5 Å². The summed E-state index contributed by atoms with van der Waals surface area (Å²) in [6, 6.07) is 13.8. The number of H-pyrrole nitrogens is 1. The van der Waals surface area contributed by atoms with E-state index in [9.17, 15) is 14.4 Å². The molecule has 0 bridgehead atoms. The highest BCUT2D eigenvalue weighted by Gasteiger charge is 2.40. The Kier molecular flexibility index (Phi) is 4.44. The standard InChI is InChI=1S/C23H17N5O4/c1-12(29)25-14-5-7-15(8-6-14)28-22(30)17-11-24-21-19(18(17)23(28)31)20(26-27-21)13-3-9-16(32-2)10-4-13/h3-11H,1-2H3,(H,25,29)(H,24,26,27). The Morgan fingerprint density at radius 2 is 1.75 bits per heavy atom. The van der Waals surface area contributed by atoms with E-state index in [1.807, 2.05) is 12.1 Å². The third-order valence-corrected chi connectivity index (χ3v) is 5.26. The molecule has 2 aromatic heterocycles. The fourth-order valence-corrected chi connectivity index (χ4v) is 3.79. The van der Waals surface area contributed by atoms with E-state index in [0.29, 0.717) is 33.9 Å². The summed E-state index contributed by atoms with van der Waals surface area (Å²) >= 11 is 0. The Balaban J connectivity index is 1.60. The van der Waals surface area contributed by atoms with Crippen LogP contribution in [0.5, 0.6) is 5.75 Å². The number of benzene rings is 2. The SMILES string of the molecule is COc1ccc(-c2[nH]nc3ncc4c(c23)C(=O)N(c2ccc(NC(C)=O)cc2)C4=O)cc1. The van der Waals surface area contributed by atoms with E-state index in [0.717, 1.165) is 10.5 Å². The lowest BCUT2D eigenvalue weighted by Crippen LogP contribution is -2.29. The summed E-state index contributed by atoms with van der Waals surface area (Å²) in [6.07, 6.45) is 1.38. The molecule has 158 valence electrons. The van der Waals surface area contributed by atoms with E-state index < -0.39 is 11.8 Å². The maximum atomic E-state index is 13.4. The topological polar surface area (TPSA) is 117 Å². The van der Waals surface area contributed by atoms with E-state index in [-0.39, 0.29) is 17.0 Å². The van der Waals surface area contributed by atoms with Crippen LogP contribution >= 0.6 is 0 Å². The number of nitrogens with one attached hydrogen (secondary N) is 2. The van der Waals surface area contributed by atoms with Gasteiger partial charge in [-0.05, 0) is 48.5 Å². The zero-order valence-electron chi connectivity index (χ0n) is 17.2. The van der Waals surface area contributed by atoms with Crippen LogP contribution in [0.15, 0.2) is 54.7 Å². The van der Waals surface area contributed by atoms with Crippen LogP contribution < -0.4 is 15.0 Å². The van der Waals surface area contributed by atoms with E-state index >= 15 is 0 Å². The molecule has 9 heteroatoms. The second-order valence-electron chi connectivity index (χ2n) is 7.25. The number of hydrogen-bond donors (Lipinski definition) is 2. The number of aromatic nitrogens is 3. The zero-order chi connectivity index (χ0) is 22.4. The first-order chi connectivity index (χ1) is 15.5. The average Bonchev–Trinajstić information content (AvgIpc) is 3.33. The zero-order valence-corrected chi connectivity index (χ0v) is 17.2. The predicted octanol–water partition coefficient (Wildman–Crippen LogP) is 3.39. The van der Waals surface area contributed by atoms with Crippen LogP contribution in [0, 0.1) is 0 Å². The summed E-state index contributed by atoms with van der Waals surface area (Å²) in [7, 11) is 1.58.